The molecule has 0 fully saturated rings. The monoisotopic (exact) mass is 466 g/mol. The number of aromatic nitrogens is 1. The molecule has 3 aromatic carbocycles. The summed E-state index contributed by atoms with van der Waals surface area (Å²) < 4.78 is 9.56. The number of hydrogen-bond acceptors (Lipinski definition) is 3. The fourth-order valence-corrected chi connectivity index (χ4v) is 4.19. The first kappa shape index (κ1) is 22.3. The van der Waals surface area contributed by atoms with E-state index in [1.807, 2.05) is 60.7 Å². The Morgan fingerprint density at radius 3 is 2.38 bits per heavy atom. The summed E-state index contributed by atoms with van der Waals surface area (Å²) >= 11 is 6.09. The molecule has 1 aromatic heterocycles. The van der Waals surface area contributed by atoms with E-state index in [0.29, 0.717) is 22.7 Å². The zero-order valence-electron chi connectivity index (χ0n) is 17.7. The molecule has 4 aromatic rings. The Hall–Kier alpha value is -2.93. The number of aromatic amines is 1. The van der Waals surface area contributed by atoms with Crippen LogP contribution in [0.1, 0.15) is 16.7 Å². The molecule has 0 saturated heterocycles. The largest absolute Gasteiger partial charge is 0.372 e. The van der Waals surface area contributed by atoms with Gasteiger partial charge in [-0.25, -0.2) is 0 Å². The highest BCUT2D eigenvalue weighted by molar-refractivity contribution is 7.83. The highest BCUT2D eigenvalue weighted by atomic mass is 35.5. The Morgan fingerprint density at radius 1 is 1.00 bits per heavy atom. The Bertz CT molecular complexity index is 1300. The third kappa shape index (κ3) is 3.97. The van der Waals surface area contributed by atoms with Crippen molar-refractivity contribution in [2.75, 3.05) is 17.4 Å². The van der Waals surface area contributed by atoms with Crippen molar-refractivity contribution < 1.29 is 14.1 Å². The van der Waals surface area contributed by atoms with Gasteiger partial charge in [-0.2, -0.15) is 0 Å². The first-order chi connectivity index (χ1) is 15.3. The summed E-state index contributed by atoms with van der Waals surface area (Å²) in [6, 6.07) is 22.6. The Kier molecular flexibility index (Phi) is 6.20. The number of nitrogens with zero attached hydrogens (tertiary/aromatic N) is 1. The van der Waals surface area contributed by atoms with Crippen LogP contribution in [-0.4, -0.2) is 32.7 Å². The molecule has 1 amide bonds. The molecule has 2 heterocycles. The fraction of sp³-hybridized carbons (Fsp3) is 0.160. The van der Waals surface area contributed by atoms with Gasteiger partial charge in [0.2, 0.25) is 0 Å². The smallest absolute Gasteiger partial charge is 0.268 e. The SMILES string of the molecule is CS(C)=O.O=C1N(Cc2ccccc2)c2ccccc2[C@]1(O)c1c[nH]c2cc(Cl)ccc12. The molecule has 0 saturated carbocycles. The number of H-pyrrole nitrogens is 1. The summed E-state index contributed by atoms with van der Waals surface area (Å²) in [4.78, 5) is 18.3. The molecule has 0 unspecified atom stereocenters. The number of fused-ring (bicyclic) bond motifs is 2. The van der Waals surface area contributed by atoms with Crippen LogP contribution in [0.2, 0.25) is 5.02 Å². The van der Waals surface area contributed by atoms with Gasteiger partial charge in [-0.15, -0.1) is 0 Å². The van der Waals surface area contributed by atoms with Gasteiger partial charge in [0.15, 0.2) is 5.60 Å². The minimum atomic E-state index is -1.75. The fourth-order valence-electron chi connectivity index (χ4n) is 4.02. The van der Waals surface area contributed by atoms with Gasteiger partial charge in [-0.1, -0.05) is 66.2 Å². The van der Waals surface area contributed by atoms with E-state index in [1.165, 1.54) is 0 Å². The van der Waals surface area contributed by atoms with E-state index in [0.717, 1.165) is 22.2 Å². The van der Waals surface area contributed by atoms with Gasteiger partial charge < -0.3 is 15.0 Å². The predicted octanol–water partition coefficient (Wildman–Crippen LogP) is 4.60. The molecule has 1 aliphatic rings. The predicted molar refractivity (Wildman–Crippen MR) is 130 cm³/mol. The third-order valence-corrected chi connectivity index (χ3v) is 5.59. The Labute approximate surface area is 194 Å². The zero-order valence-corrected chi connectivity index (χ0v) is 19.3. The molecule has 32 heavy (non-hydrogen) atoms. The highest BCUT2D eigenvalue weighted by Gasteiger charge is 2.51. The number of para-hydroxylation sites is 1. The lowest BCUT2D eigenvalue weighted by atomic mass is 9.87. The van der Waals surface area contributed by atoms with Crippen molar-refractivity contribution >= 4 is 44.9 Å². The number of nitrogens with one attached hydrogen (secondary N) is 1. The van der Waals surface area contributed by atoms with Gasteiger partial charge in [0.05, 0.1) is 12.2 Å². The van der Waals surface area contributed by atoms with Crippen LogP contribution in [0.5, 0.6) is 0 Å². The lowest BCUT2D eigenvalue weighted by Crippen LogP contribution is -2.40. The van der Waals surface area contributed by atoms with Gasteiger partial charge in [0.1, 0.15) is 0 Å². The number of hydrogen-bond donors (Lipinski definition) is 2. The van der Waals surface area contributed by atoms with Gasteiger partial charge in [0, 0.05) is 56.6 Å². The number of carbonyl (C=O) groups is 1. The number of aliphatic hydroxyl groups is 1. The number of rotatable bonds is 3. The van der Waals surface area contributed by atoms with Crippen molar-refractivity contribution in [3.63, 3.8) is 0 Å². The van der Waals surface area contributed by atoms with Crippen molar-refractivity contribution in [3.8, 4) is 0 Å². The number of anilines is 1. The van der Waals surface area contributed by atoms with E-state index in [9.17, 15) is 14.1 Å². The van der Waals surface area contributed by atoms with Crippen LogP contribution in [0.25, 0.3) is 10.9 Å². The first-order valence-corrected chi connectivity index (χ1v) is 12.4. The van der Waals surface area contributed by atoms with Gasteiger partial charge in [-0.3, -0.25) is 9.00 Å². The van der Waals surface area contributed by atoms with E-state index < -0.39 is 16.4 Å². The minimum Gasteiger partial charge on any atom is -0.372 e. The van der Waals surface area contributed by atoms with E-state index in [1.54, 1.807) is 35.7 Å². The quantitative estimate of drug-likeness (QED) is 0.463. The van der Waals surface area contributed by atoms with Crippen molar-refractivity contribution in [1.82, 2.24) is 4.98 Å². The Balaban J connectivity index is 0.000000567. The molecule has 0 bridgehead atoms. The molecule has 1 atom stereocenters. The first-order valence-electron chi connectivity index (χ1n) is 10.0. The minimum absolute atomic E-state index is 0.353. The van der Waals surface area contributed by atoms with E-state index in [-0.39, 0.29) is 5.91 Å². The molecule has 1 aliphatic heterocycles. The van der Waals surface area contributed by atoms with Gasteiger partial charge in [0.25, 0.3) is 5.91 Å². The van der Waals surface area contributed by atoms with Crippen LogP contribution in [0.4, 0.5) is 5.69 Å². The summed E-state index contributed by atoms with van der Waals surface area (Å²) in [5.41, 5.74) is 1.88. The Morgan fingerprint density at radius 2 is 1.66 bits per heavy atom. The average molecular weight is 467 g/mol. The van der Waals surface area contributed by atoms with Crippen molar-refractivity contribution in [3.05, 3.63) is 101 Å². The maximum Gasteiger partial charge on any atom is 0.268 e. The average Bonchev–Trinajstić information content (AvgIpc) is 3.28. The highest BCUT2D eigenvalue weighted by Crippen LogP contribution is 2.46. The lowest BCUT2D eigenvalue weighted by Gasteiger charge is -2.23. The van der Waals surface area contributed by atoms with Crippen LogP contribution in [-0.2, 0) is 27.7 Å². The molecule has 0 spiro atoms. The normalized spacial score (nSPS) is 17.4. The molecular formula is C25H23ClN2O3S. The summed E-state index contributed by atoms with van der Waals surface area (Å²) in [6.07, 6.45) is 4.97. The van der Waals surface area contributed by atoms with Crippen molar-refractivity contribution in [2.45, 2.75) is 12.1 Å². The molecule has 2 N–H and O–H groups in total. The maximum absolute atomic E-state index is 13.5. The van der Waals surface area contributed by atoms with Crippen LogP contribution in [0.15, 0.2) is 79.0 Å². The van der Waals surface area contributed by atoms with Gasteiger partial charge >= 0.3 is 0 Å². The molecular weight excluding hydrogens is 444 g/mol. The summed E-state index contributed by atoms with van der Waals surface area (Å²) in [5.74, 6) is -0.353. The van der Waals surface area contributed by atoms with Crippen LogP contribution >= 0.6 is 11.6 Å². The number of halogens is 1. The summed E-state index contributed by atoms with van der Waals surface area (Å²) in [6.45, 7) is 0.396. The molecule has 5 rings (SSSR count). The van der Waals surface area contributed by atoms with E-state index >= 15 is 0 Å². The van der Waals surface area contributed by atoms with Crippen molar-refractivity contribution in [2.24, 2.45) is 0 Å². The molecule has 0 radical (unpaired) electrons. The maximum atomic E-state index is 13.5. The van der Waals surface area contributed by atoms with Crippen LogP contribution in [0.3, 0.4) is 0 Å². The number of carbonyl (C=O) groups excluding carboxylic acids is 1. The topological polar surface area (TPSA) is 73.4 Å². The number of benzene rings is 3. The molecule has 164 valence electrons. The zero-order chi connectivity index (χ0) is 22.9. The van der Waals surface area contributed by atoms with Gasteiger partial charge in [-0.05, 0) is 23.8 Å². The molecule has 7 heteroatoms. The second-order valence-corrected chi connectivity index (χ2v) is 9.66. The van der Waals surface area contributed by atoms with Crippen LogP contribution < -0.4 is 4.90 Å². The lowest BCUT2D eigenvalue weighted by molar-refractivity contribution is -0.132. The summed E-state index contributed by atoms with van der Waals surface area (Å²) in [5, 5.41) is 13.1. The van der Waals surface area contributed by atoms with E-state index in [4.69, 9.17) is 11.6 Å². The number of amides is 1. The summed E-state index contributed by atoms with van der Waals surface area (Å²) in [7, 11) is -0.611. The molecule has 0 aliphatic carbocycles. The second-order valence-electron chi connectivity index (χ2n) is 7.74. The standard InChI is InChI=1S/C23H17ClN2O2.C2H6OS/c24-16-10-11-17-19(13-25-20(17)12-16)23(28)18-8-4-5-9-21(18)26(22(23)27)14-15-6-2-1-3-7-15;1-4(2)3/h1-13,25,28H,14H2;1-2H3/t23-;/m0./s1. The van der Waals surface area contributed by atoms with Crippen LogP contribution in [0, 0.1) is 0 Å². The second kappa shape index (κ2) is 8.90. The molecule has 5 nitrogen and oxygen atoms in total. The van der Waals surface area contributed by atoms with E-state index in [2.05, 4.69) is 4.98 Å². The van der Waals surface area contributed by atoms with Crippen molar-refractivity contribution in [1.29, 1.82) is 0 Å². The third-order valence-electron chi connectivity index (χ3n) is 5.36.